The molecule has 0 saturated carbocycles. The molecule has 0 fully saturated rings. The third-order valence-corrected chi connectivity index (χ3v) is 3.81. The summed E-state index contributed by atoms with van der Waals surface area (Å²) in [6, 6.07) is 5.26. The minimum atomic E-state index is 0.105. The van der Waals surface area contributed by atoms with E-state index in [1.54, 1.807) is 12.1 Å². The number of benzene rings is 1. The summed E-state index contributed by atoms with van der Waals surface area (Å²) >= 11 is 0. The maximum Gasteiger partial charge on any atom is 0.164 e. The van der Waals surface area contributed by atoms with Gasteiger partial charge < -0.3 is 20.1 Å². The van der Waals surface area contributed by atoms with Gasteiger partial charge in [-0.05, 0) is 37.1 Å². The highest BCUT2D eigenvalue weighted by atomic mass is 16.5. The molecule has 1 aromatic carbocycles. The van der Waals surface area contributed by atoms with Gasteiger partial charge in [0.1, 0.15) is 5.82 Å². The third kappa shape index (κ3) is 2.12. The van der Waals surface area contributed by atoms with E-state index >= 15 is 0 Å². The highest BCUT2D eigenvalue weighted by molar-refractivity contribution is 5.61. The summed E-state index contributed by atoms with van der Waals surface area (Å²) in [6.45, 7) is 1.51. The lowest BCUT2D eigenvalue weighted by Gasteiger charge is -2.23. The molecule has 106 valence electrons. The van der Waals surface area contributed by atoms with E-state index in [1.807, 2.05) is 6.07 Å². The first-order valence-electron chi connectivity index (χ1n) is 6.72. The number of aromatic nitrogens is 3. The minimum absolute atomic E-state index is 0.105. The van der Waals surface area contributed by atoms with Crippen LogP contribution in [-0.4, -0.2) is 33.5 Å². The van der Waals surface area contributed by atoms with Gasteiger partial charge in [-0.15, -0.1) is 10.2 Å². The molecule has 1 aromatic heterocycles. The molecule has 0 saturated heterocycles. The fourth-order valence-electron chi connectivity index (χ4n) is 2.63. The van der Waals surface area contributed by atoms with E-state index < -0.39 is 0 Å². The zero-order valence-corrected chi connectivity index (χ0v) is 11.4. The molecule has 1 atom stereocenters. The number of ether oxygens (including phenoxy) is 1. The van der Waals surface area contributed by atoms with Crippen molar-refractivity contribution >= 4 is 0 Å². The normalized spacial score (nSPS) is 17.8. The molecule has 0 radical (unpaired) electrons. The van der Waals surface area contributed by atoms with Crippen LogP contribution in [0.25, 0.3) is 11.4 Å². The second kappa shape index (κ2) is 5.13. The van der Waals surface area contributed by atoms with Gasteiger partial charge in [-0.2, -0.15) is 0 Å². The lowest BCUT2D eigenvalue weighted by Crippen LogP contribution is -2.26. The predicted octanol–water partition coefficient (Wildman–Crippen LogP) is 1.18. The van der Waals surface area contributed by atoms with E-state index in [9.17, 15) is 5.11 Å². The second-order valence-corrected chi connectivity index (χ2v) is 5.08. The Labute approximate surface area is 117 Å². The Morgan fingerprint density at radius 1 is 1.45 bits per heavy atom. The van der Waals surface area contributed by atoms with Crippen LogP contribution < -0.4 is 10.5 Å². The van der Waals surface area contributed by atoms with Gasteiger partial charge in [0.15, 0.2) is 17.3 Å². The van der Waals surface area contributed by atoms with Crippen LogP contribution in [0.3, 0.4) is 0 Å². The molecular formula is C14H18N4O2. The van der Waals surface area contributed by atoms with E-state index in [4.69, 9.17) is 10.5 Å². The lowest BCUT2D eigenvalue weighted by atomic mass is 9.99. The minimum Gasteiger partial charge on any atom is -0.504 e. The lowest BCUT2D eigenvalue weighted by molar-refractivity contribution is 0.372. The molecule has 0 spiro atoms. The van der Waals surface area contributed by atoms with Crippen molar-refractivity contribution in [2.45, 2.75) is 19.4 Å². The molecule has 2 heterocycles. The maximum atomic E-state index is 9.89. The maximum absolute atomic E-state index is 9.89. The molecule has 3 N–H and O–H groups in total. The number of phenolic OH excluding ortho intramolecular Hbond substituents is 1. The molecule has 6 nitrogen and oxygen atoms in total. The van der Waals surface area contributed by atoms with Crippen molar-refractivity contribution in [3.63, 3.8) is 0 Å². The summed E-state index contributed by atoms with van der Waals surface area (Å²) in [4.78, 5) is 0. The van der Waals surface area contributed by atoms with Crippen LogP contribution in [-0.2, 0) is 13.0 Å². The van der Waals surface area contributed by atoms with Crippen LogP contribution in [0.15, 0.2) is 18.2 Å². The van der Waals surface area contributed by atoms with Gasteiger partial charge in [0.05, 0.1) is 7.11 Å². The number of hydrogen-bond acceptors (Lipinski definition) is 5. The zero-order valence-electron chi connectivity index (χ0n) is 11.4. The number of aryl methyl sites for hydroxylation is 1. The summed E-state index contributed by atoms with van der Waals surface area (Å²) in [6.07, 6.45) is 1.96. The molecule has 1 unspecified atom stereocenters. The Bertz CT molecular complexity index is 624. The number of fused-ring (bicyclic) bond motifs is 1. The standard InChI is InChI=1S/C14H18N4O2/c1-20-12-4-3-10(6-11(12)19)14-17-16-13-5-2-9(7-15)8-18(13)14/h3-4,6,9,19H,2,5,7-8,15H2,1H3. The van der Waals surface area contributed by atoms with Gasteiger partial charge in [-0.3, -0.25) is 0 Å². The molecule has 0 amide bonds. The highest BCUT2D eigenvalue weighted by Gasteiger charge is 2.23. The number of nitrogens with zero attached hydrogens (tertiary/aromatic N) is 3. The first-order chi connectivity index (χ1) is 9.72. The first kappa shape index (κ1) is 12.9. The summed E-state index contributed by atoms with van der Waals surface area (Å²) < 4.78 is 7.15. The number of aromatic hydroxyl groups is 1. The summed E-state index contributed by atoms with van der Waals surface area (Å²) in [5.41, 5.74) is 6.60. The Morgan fingerprint density at radius 3 is 3.00 bits per heavy atom. The van der Waals surface area contributed by atoms with Crippen molar-refractivity contribution in [2.75, 3.05) is 13.7 Å². The molecular weight excluding hydrogens is 256 g/mol. The number of phenols is 1. The highest BCUT2D eigenvalue weighted by Crippen LogP contribution is 2.32. The molecule has 6 heteroatoms. The van der Waals surface area contributed by atoms with Crippen molar-refractivity contribution in [3.8, 4) is 22.9 Å². The number of methoxy groups -OCH3 is 1. The number of nitrogens with two attached hydrogens (primary N) is 1. The SMILES string of the molecule is COc1ccc(-c2nnc3n2CC(CN)CC3)cc1O. The smallest absolute Gasteiger partial charge is 0.164 e. The van der Waals surface area contributed by atoms with Crippen LogP contribution in [0.4, 0.5) is 0 Å². The fourth-order valence-corrected chi connectivity index (χ4v) is 2.63. The van der Waals surface area contributed by atoms with Crippen molar-refractivity contribution in [3.05, 3.63) is 24.0 Å². The summed E-state index contributed by atoms with van der Waals surface area (Å²) in [5.74, 6) is 2.78. The zero-order chi connectivity index (χ0) is 14.1. The molecule has 3 rings (SSSR count). The van der Waals surface area contributed by atoms with Crippen LogP contribution in [0.1, 0.15) is 12.2 Å². The summed E-state index contributed by atoms with van der Waals surface area (Å²) in [7, 11) is 1.53. The average Bonchev–Trinajstić information content (AvgIpc) is 2.89. The van der Waals surface area contributed by atoms with E-state index in [1.165, 1.54) is 7.11 Å². The van der Waals surface area contributed by atoms with Gasteiger partial charge in [0.2, 0.25) is 0 Å². The van der Waals surface area contributed by atoms with E-state index in [0.29, 0.717) is 18.2 Å². The van der Waals surface area contributed by atoms with Crippen LogP contribution in [0.2, 0.25) is 0 Å². The Morgan fingerprint density at radius 2 is 2.30 bits per heavy atom. The molecule has 0 aliphatic carbocycles. The molecule has 2 aromatic rings. The monoisotopic (exact) mass is 274 g/mol. The Kier molecular flexibility index (Phi) is 3.31. The van der Waals surface area contributed by atoms with Gasteiger partial charge in [0.25, 0.3) is 0 Å². The van der Waals surface area contributed by atoms with Crippen molar-refractivity contribution < 1.29 is 9.84 Å². The van der Waals surface area contributed by atoms with E-state index in [0.717, 1.165) is 36.6 Å². The largest absolute Gasteiger partial charge is 0.504 e. The van der Waals surface area contributed by atoms with Gasteiger partial charge >= 0.3 is 0 Å². The van der Waals surface area contributed by atoms with Gasteiger partial charge in [0, 0.05) is 18.5 Å². The Hall–Kier alpha value is -2.08. The molecule has 0 bridgehead atoms. The van der Waals surface area contributed by atoms with E-state index in [2.05, 4.69) is 14.8 Å². The van der Waals surface area contributed by atoms with Crippen LogP contribution in [0, 0.1) is 5.92 Å². The quantitative estimate of drug-likeness (QED) is 0.877. The second-order valence-electron chi connectivity index (χ2n) is 5.08. The van der Waals surface area contributed by atoms with Gasteiger partial charge in [-0.1, -0.05) is 0 Å². The Balaban J connectivity index is 1.99. The molecule has 1 aliphatic rings. The average molecular weight is 274 g/mol. The van der Waals surface area contributed by atoms with Crippen molar-refractivity contribution in [1.29, 1.82) is 0 Å². The van der Waals surface area contributed by atoms with Crippen molar-refractivity contribution in [1.82, 2.24) is 14.8 Å². The third-order valence-electron chi connectivity index (χ3n) is 3.81. The van der Waals surface area contributed by atoms with E-state index in [-0.39, 0.29) is 5.75 Å². The van der Waals surface area contributed by atoms with Crippen molar-refractivity contribution in [2.24, 2.45) is 11.7 Å². The fraction of sp³-hybridized carbons (Fsp3) is 0.429. The van der Waals surface area contributed by atoms with Gasteiger partial charge in [-0.25, -0.2) is 0 Å². The first-order valence-corrected chi connectivity index (χ1v) is 6.72. The molecule has 20 heavy (non-hydrogen) atoms. The van der Waals surface area contributed by atoms with Crippen LogP contribution in [0.5, 0.6) is 11.5 Å². The predicted molar refractivity (Wildman–Crippen MR) is 74.5 cm³/mol. The topological polar surface area (TPSA) is 86.2 Å². The summed E-state index contributed by atoms with van der Waals surface area (Å²) in [5, 5.41) is 18.4. The number of hydrogen-bond donors (Lipinski definition) is 2. The number of rotatable bonds is 3. The van der Waals surface area contributed by atoms with Crippen LogP contribution >= 0.6 is 0 Å². The molecule has 1 aliphatic heterocycles.